The summed E-state index contributed by atoms with van der Waals surface area (Å²) in [4.78, 5) is 23.7. The molecule has 0 saturated carbocycles. The van der Waals surface area contributed by atoms with Crippen LogP contribution in [0, 0.1) is 0 Å². The number of carbonyl (C=O) groups excluding carboxylic acids is 2. The predicted octanol–water partition coefficient (Wildman–Crippen LogP) is 1.38. The van der Waals surface area contributed by atoms with Crippen molar-refractivity contribution in [3.8, 4) is 0 Å². The van der Waals surface area contributed by atoms with Crippen molar-refractivity contribution in [3.63, 3.8) is 0 Å². The van der Waals surface area contributed by atoms with Crippen LogP contribution in [0.2, 0.25) is 0 Å². The second kappa shape index (κ2) is 6.92. The Morgan fingerprint density at radius 1 is 0.905 bits per heavy atom. The van der Waals surface area contributed by atoms with E-state index in [1.165, 1.54) is 0 Å². The third-order valence-electron chi connectivity index (χ3n) is 3.18. The van der Waals surface area contributed by atoms with Crippen LogP contribution in [0.1, 0.15) is 21.5 Å². The summed E-state index contributed by atoms with van der Waals surface area (Å²) < 4.78 is 0. The molecule has 21 heavy (non-hydrogen) atoms. The fourth-order valence-corrected chi connectivity index (χ4v) is 1.95. The summed E-state index contributed by atoms with van der Waals surface area (Å²) in [5, 5.41) is 17.9. The molecule has 0 aromatic heterocycles. The fraction of sp³-hybridized carbons (Fsp3) is 0.176. The van der Waals surface area contributed by atoms with Gasteiger partial charge in [0.25, 0.3) is 0 Å². The zero-order valence-corrected chi connectivity index (χ0v) is 11.4. The molecule has 1 unspecified atom stereocenters. The molecule has 2 rings (SSSR count). The molecular weight excluding hydrogens is 268 g/mol. The highest BCUT2D eigenvalue weighted by Gasteiger charge is 2.14. The van der Waals surface area contributed by atoms with E-state index in [-0.39, 0.29) is 12.2 Å². The standard InChI is InChI=1S/C17H16O4/c18-11-16(20)15(19)10-12-6-8-14(9-7-12)17(21)13-4-2-1-3-5-13/h1-9,16,18,20H,10-11H2. The summed E-state index contributed by atoms with van der Waals surface area (Å²) in [7, 11) is 0. The number of benzene rings is 2. The van der Waals surface area contributed by atoms with Crippen molar-refractivity contribution >= 4 is 11.6 Å². The molecule has 0 aliphatic heterocycles. The molecule has 0 radical (unpaired) electrons. The SMILES string of the molecule is O=C(c1ccccc1)c1ccc(CC(=O)C(O)CO)cc1. The molecule has 4 nitrogen and oxygen atoms in total. The molecule has 2 aromatic carbocycles. The van der Waals surface area contributed by atoms with Crippen LogP contribution in [0.5, 0.6) is 0 Å². The van der Waals surface area contributed by atoms with Crippen LogP contribution >= 0.6 is 0 Å². The Bertz CT molecular complexity index is 617. The van der Waals surface area contributed by atoms with Crippen molar-refractivity contribution in [2.45, 2.75) is 12.5 Å². The quantitative estimate of drug-likeness (QED) is 0.786. The van der Waals surface area contributed by atoms with Crippen LogP contribution < -0.4 is 0 Å². The Balaban J connectivity index is 2.09. The average Bonchev–Trinajstić information content (AvgIpc) is 2.55. The van der Waals surface area contributed by atoms with Crippen molar-refractivity contribution in [1.29, 1.82) is 0 Å². The van der Waals surface area contributed by atoms with Gasteiger partial charge < -0.3 is 10.2 Å². The van der Waals surface area contributed by atoms with Gasteiger partial charge in [0.05, 0.1) is 6.61 Å². The van der Waals surface area contributed by atoms with Gasteiger partial charge in [-0.1, -0.05) is 54.6 Å². The first kappa shape index (κ1) is 15.1. The molecule has 2 N–H and O–H groups in total. The molecule has 0 aliphatic carbocycles. The third kappa shape index (κ3) is 3.84. The van der Waals surface area contributed by atoms with Gasteiger partial charge in [0.1, 0.15) is 6.10 Å². The highest BCUT2D eigenvalue weighted by Crippen LogP contribution is 2.12. The van der Waals surface area contributed by atoms with E-state index in [9.17, 15) is 14.7 Å². The summed E-state index contributed by atoms with van der Waals surface area (Å²) in [6.07, 6.45) is -1.32. The molecule has 0 spiro atoms. The van der Waals surface area contributed by atoms with Gasteiger partial charge in [-0.15, -0.1) is 0 Å². The first-order chi connectivity index (χ1) is 10.1. The van der Waals surface area contributed by atoms with Gasteiger partial charge >= 0.3 is 0 Å². The number of carbonyl (C=O) groups is 2. The molecule has 0 fully saturated rings. The number of hydrogen-bond acceptors (Lipinski definition) is 4. The van der Waals surface area contributed by atoms with Gasteiger partial charge in [0.2, 0.25) is 0 Å². The maximum Gasteiger partial charge on any atom is 0.193 e. The van der Waals surface area contributed by atoms with Gasteiger partial charge in [-0.2, -0.15) is 0 Å². The third-order valence-corrected chi connectivity index (χ3v) is 3.18. The highest BCUT2D eigenvalue weighted by molar-refractivity contribution is 6.08. The van der Waals surface area contributed by atoms with E-state index in [0.29, 0.717) is 16.7 Å². The topological polar surface area (TPSA) is 74.6 Å². The van der Waals surface area contributed by atoms with Crippen LogP contribution in [0.3, 0.4) is 0 Å². The van der Waals surface area contributed by atoms with Crippen molar-refractivity contribution in [2.24, 2.45) is 0 Å². The zero-order valence-electron chi connectivity index (χ0n) is 11.4. The maximum atomic E-state index is 12.2. The lowest BCUT2D eigenvalue weighted by Gasteiger charge is -2.07. The number of aliphatic hydroxyl groups is 2. The van der Waals surface area contributed by atoms with Gasteiger partial charge in [-0.25, -0.2) is 0 Å². The van der Waals surface area contributed by atoms with E-state index in [2.05, 4.69) is 0 Å². The van der Waals surface area contributed by atoms with Crippen LogP contribution in [0.4, 0.5) is 0 Å². The number of ketones is 2. The Hall–Kier alpha value is -2.30. The van der Waals surface area contributed by atoms with Gasteiger partial charge in [-0.3, -0.25) is 9.59 Å². The van der Waals surface area contributed by atoms with Crippen LogP contribution in [-0.2, 0) is 11.2 Å². The second-order valence-electron chi connectivity index (χ2n) is 4.73. The van der Waals surface area contributed by atoms with E-state index in [0.717, 1.165) is 0 Å². The lowest BCUT2D eigenvalue weighted by molar-refractivity contribution is -0.128. The molecular formula is C17H16O4. The summed E-state index contributed by atoms with van der Waals surface area (Å²) in [5.74, 6) is -0.525. The van der Waals surface area contributed by atoms with Crippen LogP contribution in [-0.4, -0.2) is 34.5 Å². The maximum absolute atomic E-state index is 12.2. The molecule has 0 bridgehead atoms. The smallest absolute Gasteiger partial charge is 0.193 e. The van der Waals surface area contributed by atoms with Gasteiger partial charge in [0.15, 0.2) is 11.6 Å². The minimum atomic E-state index is -1.35. The second-order valence-corrected chi connectivity index (χ2v) is 4.73. The Labute approximate surface area is 122 Å². The fourth-order valence-electron chi connectivity index (χ4n) is 1.95. The van der Waals surface area contributed by atoms with Crippen molar-refractivity contribution in [1.82, 2.24) is 0 Å². The van der Waals surface area contributed by atoms with Crippen LogP contribution in [0.25, 0.3) is 0 Å². The normalized spacial score (nSPS) is 11.9. The van der Waals surface area contributed by atoms with E-state index in [1.54, 1.807) is 48.5 Å². The van der Waals surface area contributed by atoms with Crippen molar-refractivity contribution in [3.05, 3.63) is 71.3 Å². The van der Waals surface area contributed by atoms with E-state index < -0.39 is 18.5 Å². The van der Waals surface area contributed by atoms with Gasteiger partial charge in [0, 0.05) is 17.5 Å². The monoisotopic (exact) mass is 284 g/mol. The summed E-state index contributed by atoms with van der Waals surface area (Å²) >= 11 is 0. The first-order valence-electron chi connectivity index (χ1n) is 6.62. The number of hydrogen-bond donors (Lipinski definition) is 2. The number of aliphatic hydroxyl groups excluding tert-OH is 2. The lowest BCUT2D eigenvalue weighted by atomic mass is 10.00. The van der Waals surface area contributed by atoms with Crippen molar-refractivity contribution < 1.29 is 19.8 Å². The largest absolute Gasteiger partial charge is 0.393 e. The molecule has 0 amide bonds. The summed E-state index contributed by atoms with van der Waals surface area (Å²) in [5.41, 5.74) is 1.84. The molecule has 0 saturated heterocycles. The van der Waals surface area contributed by atoms with Crippen LogP contribution in [0.15, 0.2) is 54.6 Å². The molecule has 1 atom stereocenters. The number of rotatable bonds is 6. The minimum absolute atomic E-state index is 0.0293. The average molecular weight is 284 g/mol. The Morgan fingerprint density at radius 2 is 1.48 bits per heavy atom. The Kier molecular flexibility index (Phi) is 4.98. The van der Waals surface area contributed by atoms with Gasteiger partial charge in [-0.05, 0) is 5.56 Å². The molecule has 2 aromatic rings. The molecule has 0 aliphatic rings. The number of Topliss-reactive ketones (excluding diaryl/α,β-unsaturated/α-hetero) is 1. The van der Waals surface area contributed by atoms with E-state index in [4.69, 9.17) is 5.11 Å². The predicted molar refractivity (Wildman–Crippen MR) is 78.1 cm³/mol. The molecule has 108 valence electrons. The molecule has 0 heterocycles. The lowest BCUT2D eigenvalue weighted by Crippen LogP contribution is -2.25. The summed E-state index contributed by atoms with van der Waals surface area (Å²) in [6, 6.07) is 15.6. The Morgan fingerprint density at radius 3 is 2.05 bits per heavy atom. The highest BCUT2D eigenvalue weighted by atomic mass is 16.3. The first-order valence-corrected chi connectivity index (χ1v) is 6.62. The van der Waals surface area contributed by atoms with Crippen molar-refractivity contribution in [2.75, 3.05) is 6.61 Å². The molecule has 4 heteroatoms. The zero-order chi connectivity index (χ0) is 15.2. The summed E-state index contributed by atoms with van der Waals surface area (Å²) in [6.45, 7) is -0.580. The van der Waals surface area contributed by atoms with E-state index in [1.807, 2.05) is 6.07 Å². The van der Waals surface area contributed by atoms with E-state index >= 15 is 0 Å². The minimum Gasteiger partial charge on any atom is -0.393 e.